The van der Waals surface area contributed by atoms with Crippen LogP contribution in [0, 0.1) is 23.6 Å². The second kappa shape index (κ2) is 14.8. The standard InChI is InChI=1S/C43H52FN5O4/c1-27(2)21-30-4-3-29-23-34(50)7-9-35(29)41(30)31-5-10-38(37(44)24-31)48-15-13-28(14-16-48)25-46-17-19-47(20-18-46)33-6-8-36-32(22-33)26-49(43(36)53)39-11-12-40(51)45-42(39)52/h5-10,22-24,27-28,30,39,41,50H,3-4,11-21,25-26H2,1-2H3,(H,45,51,52)/t30-,39?,41-/m1/s1. The summed E-state index contributed by atoms with van der Waals surface area (Å²) in [5, 5.41) is 12.5. The fraction of sp³-hybridized carbons (Fsp3) is 0.512. The maximum atomic E-state index is 16.0. The number of carbonyl (C=O) groups excluding carboxylic acids is 3. The Morgan fingerprint density at radius 1 is 0.830 bits per heavy atom. The van der Waals surface area contributed by atoms with Gasteiger partial charge in [-0.25, -0.2) is 4.39 Å². The van der Waals surface area contributed by atoms with E-state index in [4.69, 9.17) is 0 Å². The number of fused-ring (bicyclic) bond motifs is 2. The van der Waals surface area contributed by atoms with Gasteiger partial charge >= 0.3 is 0 Å². The monoisotopic (exact) mass is 721 g/mol. The average molecular weight is 722 g/mol. The number of piperidine rings is 2. The van der Waals surface area contributed by atoms with Crippen molar-refractivity contribution in [3.8, 4) is 5.75 Å². The molecule has 5 aliphatic rings. The van der Waals surface area contributed by atoms with Crippen molar-refractivity contribution >= 4 is 29.1 Å². The predicted octanol–water partition coefficient (Wildman–Crippen LogP) is 6.07. The first-order valence-corrected chi connectivity index (χ1v) is 19.7. The summed E-state index contributed by atoms with van der Waals surface area (Å²) in [7, 11) is 0. The molecule has 2 N–H and O–H groups in total. The first kappa shape index (κ1) is 35.6. The molecule has 4 aliphatic heterocycles. The Bertz CT molecular complexity index is 1880. The van der Waals surface area contributed by atoms with Crippen molar-refractivity contribution in [3.63, 3.8) is 0 Å². The number of rotatable bonds is 8. The van der Waals surface area contributed by atoms with E-state index in [-0.39, 0.29) is 35.9 Å². The summed E-state index contributed by atoms with van der Waals surface area (Å²) in [5.41, 5.74) is 6.85. The highest BCUT2D eigenvalue weighted by Gasteiger charge is 2.39. The van der Waals surface area contributed by atoms with Crippen LogP contribution in [0.1, 0.15) is 90.9 Å². The Balaban J connectivity index is 0.841. The molecule has 3 fully saturated rings. The van der Waals surface area contributed by atoms with Crippen LogP contribution in [-0.2, 0) is 22.6 Å². The maximum Gasteiger partial charge on any atom is 0.255 e. The number of nitrogens with zero attached hydrogens (tertiary/aromatic N) is 4. The van der Waals surface area contributed by atoms with Crippen LogP contribution in [0.25, 0.3) is 0 Å². The number of aryl methyl sites for hydroxylation is 1. The van der Waals surface area contributed by atoms with Crippen molar-refractivity contribution in [1.29, 1.82) is 0 Å². The molecule has 3 atom stereocenters. The molecule has 3 aromatic carbocycles. The van der Waals surface area contributed by atoms with E-state index < -0.39 is 6.04 Å². The molecule has 3 aromatic rings. The molecule has 280 valence electrons. The van der Waals surface area contributed by atoms with Gasteiger partial charge in [-0.2, -0.15) is 0 Å². The van der Waals surface area contributed by atoms with Gasteiger partial charge in [0.2, 0.25) is 11.8 Å². The summed E-state index contributed by atoms with van der Waals surface area (Å²) < 4.78 is 16.0. The molecule has 0 radical (unpaired) electrons. The van der Waals surface area contributed by atoms with E-state index >= 15 is 4.39 Å². The number of anilines is 2. The summed E-state index contributed by atoms with van der Waals surface area (Å²) in [6.07, 6.45) is 5.80. The minimum atomic E-state index is -0.601. The third-order valence-corrected chi connectivity index (χ3v) is 12.5. The highest BCUT2D eigenvalue weighted by Crippen LogP contribution is 2.45. The highest BCUT2D eigenvalue weighted by atomic mass is 19.1. The average Bonchev–Trinajstić information content (AvgIpc) is 3.47. The van der Waals surface area contributed by atoms with E-state index in [1.165, 1.54) is 11.1 Å². The topological polar surface area (TPSA) is 96.4 Å². The summed E-state index contributed by atoms with van der Waals surface area (Å²) in [6.45, 7) is 11.4. The number of benzene rings is 3. The minimum absolute atomic E-state index is 0.133. The summed E-state index contributed by atoms with van der Waals surface area (Å²) in [4.78, 5) is 46.0. The van der Waals surface area contributed by atoms with Crippen molar-refractivity contribution in [2.45, 2.75) is 77.3 Å². The summed E-state index contributed by atoms with van der Waals surface area (Å²) in [6, 6.07) is 17.1. The predicted molar refractivity (Wildman–Crippen MR) is 204 cm³/mol. The zero-order valence-corrected chi connectivity index (χ0v) is 31.0. The lowest BCUT2D eigenvalue weighted by atomic mass is 9.69. The molecule has 1 unspecified atom stereocenters. The molecule has 3 saturated heterocycles. The number of piperazine rings is 1. The van der Waals surface area contributed by atoms with Gasteiger partial charge in [-0.3, -0.25) is 24.6 Å². The highest BCUT2D eigenvalue weighted by molar-refractivity contribution is 6.05. The molecule has 0 bridgehead atoms. The van der Waals surface area contributed by atoms with E-state index in [1.807, 2.05) is 24.3 Å². The van der Waals surface area contributed by atoms with Gasteiger partial charge in [0.15, 0.2) is 0 Å². The van der Waals surface area contributed by atoms with Crippen LogP contribution in [0.2, 0.25) is 0 Å². The van der Waals surface area contributed by atoms with Gasteiger partial charge in [0.25, 0.3) is 5.91 Å². The van der Waals surface area contributed by atoms with Crippen molar-refractivity contribution < 1.29 is 23.9 Å². The second-order valence-corrected chi connectivity index (χ2v) is 16.5. The molecule has 8 rings (SSSR count). The van der Waals surface area contributed by atoms with Gasteiger partial charge < -0.3 is 19.8 Å². The number of hydrogen-bond acceptors (Lipinski definition) is 7. The van der Waals surface area contributed by atoms with Crippen LogP contribution >= 0.6 is 0 Å². The fourth-order valence-electron chi connectivity index (χ4n) is 9.83. The van der Waals surface area contributed by atoms with E-state index in [0.717, 1.165) is 94.7 Å². The van der Waals surface area contributed by atoms with Gasteiger partial charge in [-0.05, 0) is 121 Å². The smallest absolute Gasteiger partial charge is 0.255 e. The molecule has 0 aromatic heterocycles. The molecule has 3 amide bonds. The summed E-state index contributed by atoms with van der Waals surface area (Å²) in [5.74, 6) is 1.10. The molecule has 9 nitrogen and oxygen atoms in total. The van der Waals surface area contributed by atoms with Crippen molar-refractivity contribution in [2.75, 3.05) is 55.6 Å². The first-order valence-electron chi connectivity index (χ1n) is 19.7. The molecular weight excluding hydrogens is 670 g/mol. The lowest BCUT2D eigenvalue weighted by molar-refractivity contribution is -0.136. The van der Waals surface area contributed by atoms with Gasteiger partial charge in [-0.15, -0.1) is 0 Å². The number of hydrogen-bond donors (Lipinski definition) is 2. The number of imide groups is 1. The zero-order valence-electron chi connectivity index (χ0n) is 31.0. The Hall–Kier alpha value is -4.44. The normalized spacial score (nSPS) is 24.1. The number of aromatic hydroxyl groups is 1. The van der Waals surface area contributed by atoms with Crippen LogP contribution < -0.4 is 15.1 Å². The van der Waals surface area contributed by atoms with Gasteiger partial charge in [-0.1, -0.05) is 26.0 Å². The zero-order chi connectivity index (χ0) is 36.8. The number of phenolic OH excluding ortho intramolecular Hbond substituents is 1. The number of amides is 3. The number of nitrogens with one attached hydrogen (secondary N) is 1. The van der Waals surface area contributed by atoms with Crippen LogP contribution in [0.5, 0.6) is 5.75 Å². The molecule has 4 heterocycles. The number of halogens is 1. The minimum Gasteiger partial charge on any atom is -0.508 e. The second-order valence-electron chi connectivity index (χ2n) is 16.5. The lowest BCUT2D eigenvalue weighted by Crippen LogP contribution is -2.52. The van der Waals surface area contributed by atoms with Crippen LogP contribution in [0.15, 0.2) is 54.6 Å². The third kappa shape index (κ3) is 7.27. The lowest BCUT2D eigenvalue weighted by Gasteiger charge is -2.40. The first-order chi connectivity index (χ1) is 25.6. The van der Waals surface area contributed by atoms with Crippen LogP contribution in [0.3, 0.4) is 0 Å². The Morgan fingerprint density at radius 2 is 1.62 bits per heavy atom. The van der Waals surface area contributed by atoms with E-state index in [9.17, 15) is 19.5 Å². The molecule has 10 heteroatoms. The number of carbonyl (C=O) groups is 3. The Kier molecular flexibility index (Phi) is 9.91. The SMILES string of the molecule is CC(C)C[C@H]1CCc2cc(O)ccc2[C@H]1c1ccc(N2CCC(CN3CCN(c4ccc5c(c4)CN(C4CCC(=O)NC4=O)C5=O)CC3)CC2)c(F)c1. The van der Waals surface area contributed by atoms with Gasteiger partial charge in [0.1, 0.15) is 17.6 Å². The quantitative estimate of drug-likeness (QED) is 0.273. The summed E-state index contributed by atoms with van der Waals surface area (Å²) >= 11 is 0. The number of phenols is 1. The fourth-order valence-corrected chi connectivity index (χ4v) is 9.83. The van der Waals surface area contributed by atoms with Crippen molar-refractivity contribution in [2.24, 2.45) is 17.8 Å². The molecular formula is C43H52FN5O4. The van der Waals surface area contributed by atoms with E-state index in [0.29, 0.717) is 47.7 Å². The van der Waals surface area contributed by atoms with Crippen LogP contribution in [-0.4, -0.2) is 84.5 Å². The maximum absolute atomic E-state index is 16.0. The Morgan fingerprint density at radius 3 is 2.36 bits per heavy atom. The molecule has 53 heavy (non-hydrogen) atoms. The van der Waals surface area contributed by atoms with E-state index in [1.54, 1.807) is 17.0 Å². The Labute approximate surface area is 312 Å². The molecule has 0 saturated carbocycles. The van der Waals surface area contributed by atoms with Gasteiger partial charge in [0, 0.05) is 75.9 Å². The van der Waals surface area contributed by atoms with Crippen LogP contribution in [0.4, 0.5) is 15.8 Å². The van der Waals surface area contributed by atoms with Crippen molar-refractivity contribution in [1.82, 2.24) is 15.1 Å². The molecule has 0 spiro atoms. The van der Waals surface area contributed by atoms with Crippen molar-refractivity contribution in [3.05, 3.63) is 88.2 Å². The third-order valence-electron chi connectivity index (χ3n) is 12.5. The molecule has 1 aliphatic carbocycles. The van der Waals surface area contributed by atoms with E-state index in [2.05, 4.69) is 52.1 Å². The largest absolute Gasteiger partial charge is 0.508 e. The van der Waals surface area contributed by atoms with Gasteiger partial charge in [0.05, 0.1) is 5.69 Å².